The van der Waals surface area contributed by atoms with Crippen LogP contribution in [0.5, 0.6) is 5.75 Å². The second-order valence-corrected chi connectivity index (χ2v) is 9.11. The van der Waals surface area contributed by atoms with Crippen molar-refractivity contribution in [1.29, 1.82) is 0 Å². The molecule has 0 amide bonds. The van der Waals surface area contributed by atoms with Crippen LogP contribution in [0.2, 0.25) is 0 Å². The fourth-order valence-corrected chi connectivity index (χ4v) is 4.99. The van der Waals surface area contributed by atoms with Gasteiger partial charge in [0.2, 0.25) is 0 Å². The van der Waals surface area contributed by atoms with Gasteiger partial charge in [0.25, 0.3) is 6.01 Å². The number of oxazole rings is 1. The van der Waals surface area contributed by atoms with Crippen LogP contribution in [-0.4, -0.2) is 44.0 Å². The number of H-pyrrole nitrogens is 1. The molecule has 3 aromatic heterocycles. The van der Waals surface area contributed by atoms with Gasteiger partial charge in [-0.25, -0.2) is 4.79 Å². The number of hydrogen-bond donors (Lipinski definition) is 4. The van der Waals surface area contributed by atoms with Gasteiger partial charge in [0.15, 0.2) is 11.6 Å². The van der Waals surface area contributed by atoms with E-state index in [0.29, 0.717) is 24.3 Å². The lowest BCUT2D eigenvalue weighted by Gasteiger charge is -2.11. The first-order valence-electron chi connectivity index (χ1n) is 11.6. The Hall–Kier alpha value is -4.47. The highest BCUT2D eigenvalue weighted by Crippen LogP contribution is 2.44. The lowest BCUT2D eigenvalue weighted by Crippen LogP contribution is -2.21. The average Bonchev–Trinajstić information content (AvgIpc) is 3.31. The monoisotopic (exact) mass is 470 g/mol. The summed E-state index contributed by atoms with van der Waals surface area (Å²) < 4.78 is 13.1. The highest BCUT2D eigenvalue weighted by molar-refractivity contribution is 6.07. The highest BCUT2D eigenvalue weighted by atomic mass is 16.5. The van der Waals surface area contributed by atoms with Crippen LogP contribution in [0, 0.1) is 5.92 Å². The molecule has 1 aliphatic carbocycles. The van der Waals surface area contributed by atoms with E-state index in [1.165, 1.54) is 0 Å². The van der Waals surface area contributed by atoms with E-state index in [0.717, 1.165) is 57.6 Å². The number of carboxylic acid groups (broad SMARTS) is 1. The normalized spacial score (nSPS) is 16.1. The molecule has 1 atom stereocenters. The standard InChI is InChI=1S/C25H22N6O4/c26-25-30-16-7-13(3-4-18(16)35-25)21-22-20-17(29-21)8-14(9-19(20)34-6-5-27-22)15-10-28-31(11-15)23(24(32)33)12-1-2-12/h3-4,7-12,23,27,29H,1-2,5-6H2,(H2,26,30)(H,32,33). The molecule has 4 heterocycles. The third-order valence-corrected chi connectivity index (χ3v) is 6.76. The van der Waals surface area contributed by atoms with Crippen LogP contribution in [0.25, 0.3) is 44.4 Å². The quantitative estimate of drug-likeness (QED) is 0.298. The van der Waals surface area contributed by atoms with Crippen molar-refractivity contribution in [2.45, 2.75) is 18.9 Å². The molecule has 1 fully saturated rings. The van der Waals surface area contributed by atoms with Crippen molar-refractivity contribution in [2.24, 2.45) is 5.92 Å². The molecule has 10 heteroatoms. The van der Waals surface area contributed by atoms with Crippen molar-refractivity contribution in [3.63, 3.8) is 0 Å². The van der Waals surface area contributed by atoms with Gasteiger partial charge in [-0.2, -0.15) is 10.1 Å². The summed E-state index contributed by atoms with van der Waals surface area (Å²) in [5, 5.41) is 18.5. The van der Waals surface area contributed by atoms with Gasteiger partial charge in [0, 0.05) is 23.9 Å². The van der Waals surface area contributed by atoms with E-state index in [1.807, 2.05) is 36.5 Å². The van der Waals surface area contributed by atoms with Crippen molar-refractivity contribution < 1.29 is 19.1 Å². The number of benzene rings is 2. The molecule has 5 N–H and O–H groups in total. The zero-order valence-corrected chi connectivity index (χ0v) is 18.6. The summed E-state index contributed by atoms with van der Waals surface area (Å²) in [6.45, 7) is 1.18. The summed E-state index contributed by atoms with van der Waals surface area (Å²) in [5.41, 5.74) is 12.5. The first-order chi connectivity index (χ1) is 17.0. The first kappa shape index (κ1) is 20.0. The molecule has 7 rings (SSSR count). The summed E-state index contributed by atoms with van der Waals surface area (Å²) in [6.07, 6.45) is 5.37. The summed E-state index contributed by atoms with van der Waals surface area (Å²) in [5.74, 6) is 0.0623. The number of aliphatic carboxylic acids is 1. The summed E-state index contributed by atoms with van der Waals surface area (Å²) >= 11 is 0. The van der Waals surface area contributed by atoms with Crippen LogP contribution >= 0.6 is 0 Å². The second-order valence-electron chi connectivity index (χ2n) is 9.11. The van der Waals surface area contributed by atoms with Gasteiger partial charge in [-0.3, -0.25) is 4.68 Å². The number of nitrogen functional groups attached to an aromatic ring is 1. The minimum absolute atomic E-state index is 0.137. The van der Waals surface area contributed by atoms with Gasteiger partial charge in [-0.05, 0) is 54.7 Å². The van der Waals surface area contributed by atoms with Crippen LogP contribution in [0.4, 0.5) is 11.7 Å². The van der Waals surface area contributed by atoms with Crippen molar-refractivity contribution in [1.82, 2.24) is 19.7 Å². The van der Waals surface area contributed by atoms with Gasteiger partial charge in [-0.1, -0.05) is 0 Å². The number of rotatable bonds is 5. The van der Waals surface area contributed by atoms with Crippen LogP contribution in [-0.2, 0) is 4.79 Å². The number of nitrogens with two attached hydrogens (primary N) is 1. The van der Waals surface area contributed by atoms with Gasteiger partial charge >= 0.3 is 5.97 Å². The van der Waals surface area contributed by atoms with Gasteiger partial charge < -0.3 is 30.3 Å². The number of fused-ring (bicyclic) bond motifs is 1. The zero-order chi connectivity index (χ0) is 23.7. The van der Waals surface area contributed by atoms with Crippen molar-refractivity contribution >= 4 is 39.7 Å². The number of aromatic nitrogens is 4. The number of carboxylic acids is 1. The molecule has 1 aliphatic heterocycles. The third kappa shape index (κ3) is 3.21. The van der Waals surface area contributed by atoms with Crippen LogP contribution in [0.1, 0.15) is 18.9 Å². The highest BCUT2D eigenvalue weighted by Gasteiger charge is 2.38. The molecule has 0 bridgehead atoms. The molecule has 35 heavy (non-hydrogen) atoms. The van der Waals surface area contributed by atoms with Crippen LogP contribution in [0.3, 0.4) is 0 Å². The Morgan fingerprint density at radius 2 is 2.09 bits per heavy atom. The predicted molar refractivity (Wildman–Crippen MR) is 130 cm³/mol. The number of nitrogens with one attached hydrogen (secondary N) is 2. The Kier molecular flexibility index (Phi) is 4.14. The summed E-state index contributed by atoms with van der Waals surface area (Å²) in [7, 11) is 0. The Morgan fingerprint density at radius 1 is 1.20 bits per heavy atom. The van der Waals surface area contributed by atoms with E-state index in [-0.39, 0.29) is 11.9 Å². The maximum Gasteiger partial charge on any atom is 0.328 e. The van der Waals surface area contributed by atoms with Gasteiger partial charge in [0.1, 0.15) is 17.9 Å². The van der Waals surface area contributed by atoms with E-state index in [1.54, 1.807) is 10.9 Å². The lowest BCUT2D eigenvalue weighted by molar-refractivity contribution is -0.141. The molecule has 1 unspecified atom stereocenters. The maximum atomic E-state index is 11.8. The van der Waals surface area contributed by atoms with Gasteiger partial charge in [-0.15, -0.1) is 0 Å². The van der Waals surface area contributed by atoms with E-state index in [9.17, 15) is 9.90 Å². The molecule has 1 saturated carbocycles. The fourth-order valence-electron chi connectivity index (χ4n) is 4.99. The topological polar surface area (TPSA) is 144 Å². The number of nitrogens with zero attached hydrogens (tertiary/aromatic N) is 3. The van der Waals surface area contributed by atoms with Crippen LogP contribution in [0.15, 0.2) is 47.1 Å². The molecule has 2 aromatic carbocycles. The van der Waals surface area contributed by atoms with Crippen molar-refractivity contribution in [3.05, 3.63) is 42.7 Å². The molecule has 176 valence electrons. The average molecular weight is 470 g/mol. The third-order valence-electron chi connectivity index (χ3n) is 6.76. The number of anilines is 2. The van der Waals surface area contributed by atoms with Crippen molar-refractivity contribution in [2.75, 3.05) is 24.2 Å². The molecule has 0 spiro atoms. The number of hydrogen-bond acceptors (Lipinski definition) is 7. The Morgan fingerprint density at radius 3 is 2.91 bits per heavy atom. The summed E-state index contributed by atoms with van der Waals surface area (Å²) in [4.78, 5) is 19.6. The number of carbonyl (C=O) groups is 1. The SMILES string of the molecule is Nc1nc2cc(-c3[nH]c4cc(-c5cnn(C(C(=O)O)C6CC6)c5)cc5c4c3NCCO5)ccc2o1. The lowest BCUT2D eigenvalue weighted by atomic mass is 10.0. The van der Waals surface area contributed by atoms with E-state index in [4.69, 9.17) is 14.9 Å². The van der Waals surface area contributed by atoms with E-state index < -0.39 is 12.0 Å². The molecular formula is C25H22N6O4. The minimum Gasteiger partial charge on any atom is -0.491 e. The molecular weight excluding hydrogens is 448 g/mol. The molecule has 0 saturated heterocycles. The minimum atomic E-state index is -0.844. The maximum absolute atomic E-state index is 11.8. The zero-order valence-electron chi connectivity index (χ0n) is 18.6. The van der Waals surface area contributed by atoms with E-state index in [2.05, 4.69) is 20.4 Å². The van der Waals surface area contributed by atoms with E-state index >= 15 is 0 Å². The second kappa shape index (κ2) is 7.26. The molecule has 10 nitrogen and oxygen atoms in total. The largest absolute Gasteiger partial charge is 0.491 e. The molecule has 5 aromatic rings. The van der Waals surface area contributed by atoms with Crippen LogP contribution < -0.4 is 15.8 Å². The Labute approximate surface area is 198 Å². The predicted octanol–water partition coefficient (Wildman–Crippen LogP) is 4.26. The Bertz CT molecular complexity index is 1630. The number of ether oxygens (including phenoxy) is 1. The van der Waals surface area contributed by atoms with Crippen molar-refractivity contribution in [3.8, 4) is 28.1 Å². The molecule has 2 aliphatic rings. The number of aromatic amines is 1. The first-order valence-corrected chi connectivity index (χ1v) is 11.6. The summed E-state index contributed by atoms with van der Waals surface area (Å²) in [6, 6.07) is 9.32. The fraction of sp³-hybridized carbons (Fsp3) is 0.240. The van der Waals surface area contributed by atoms with Gasteiger partial charge in [0.05, 0.1) is 28.5 Å². The Balaban J connectivity index is 1.35. The smallest absolute Gasteiger partial charge is 0.328 e. The molecule has 0 radical (unpaired) electrons.